The molecule has 0 aliphatic heterocycles. The Kier molecular flexibility index (Phi) is 6.71. The van der Waals surface area contributed by atoms with E-state index in [1.165, 1.54) is 35.0 Å². The van der Waals surface area contributed by atoms with Crippen molar-refractivity contribution in [2.45, 2.75) is 12.6 Å². The number of hydrogen-bond donors (Lipinski definition) is 0. The Morgan fingerprint density at radius 1 is 0.829 bits per heavy atom. The molecule has 0 amide bonds. The highest BCUT2D eigenvalue weighted by atomic mass is 32.1. The highest BCUT2D eigenvalue weighted by Gasteiger charge is 2.32. The fourth-order valence-corrected chi connectivity index (χ4v) is 6.55. The minimum absolute atomic E-state index is 0.0358. The molecular weight excluding hydrogens is 547 g/mol. The number of hydrogen-bond acceptors (Lipinski definition) is 4. The summed E-state index contributed by atoms with van der Waals surface area (Å²) in [7, 11) is 1.23. The van der Waals surface area contributed by atoms with Crippen LogP contribution in [0.4, 0.5) is 13.2 Å². The monoisotopic (exact) mass is 569 g/mol. The average molecular weight is 570 g/mol. The summed E-state index contributed by atoms with van der Waals surface area (Å²) in [5.74, 6) is -0.714. The van der Waals surface area contributed by atoms with Crippen LogP contribution < -0.4 is 5.56 Å². The predicted molar refractivity (Wildman–Crippen MR) is 156 cm³/mol. The quantitative estimate of drug-likeness (QED) is 0.197. The fourth-order valence-electron chi connectivity index (χ4n) is 5.21. The summed E-state index contributed by atoms with van der Waals surface area (Å²) in [6.07, 6.45) is -4.26. The Morgan fingerprint density at radius 3 is 2.27 bits per heavy atom. The average Bonchev–Trinajstić information content (AvgIpc) is 3.38. The van der Waals surface area contributed by atoms with E-state index in [1.54, 1.807) is 6.07 Å². The first-order valence-electron chi connectivity index (χ1n) is 12.8. The first kappa shape index (κ1) is 26.5. The van der Waals surface area contributed by atoms with E-state index in [2.05, 4.69) is 0 Å². The Labute approximate surface area is 236 Å². The van der Waals surface area contributed by atoms with Crippen LogP contribution in [0.15, 0.2) is 108 Å². The van der Waals surface area contributed by atoms with Gasteiger partial charge in [0.15, 0.2) is 5.69 Å². The summed E-state index contributed by atoms with van der Waals surface area (Å²) in [4.78, 5) is 27.7. The number of fused-ring (bicyclic) bond motifs is 2. The zero-order valence-corrected chi connectivity index (χ0v) is 22.6. The summed E-state index contributed by atoms with van der Waals surface area (Å²) in [6, 6.07) is 29.2. The van der Waals surface area contributed by atoms with Crippen LogP contribution in [-0.4, -0.2) is 17.5 Å². The van der Waals surface area contributed by atoms with Crippen LogP contribution in [0.1, 0.15) is 27.2 Å². The van der Waals surface area contributed by atoms with Gasteiger partial charge < -0.3 is 4.74 Å². The number of thiazole rings is 1. The van der Waals surface area contributed by atoms with Crippen LogP contribution in [0.25, 0.3) is 37.2 Å². The standard InChI is InChI=1S/C33H22F3NO3S/c1-40-32(39)29-30(21-10-3-2-4-11-21)41-31-28(23-14-8-15-25(18-23)33(34,35)36)24(19-27(38)37(29)31)17-22-13-7-12-20-9-5-6-16-26(20)22/h2-16,18-19H,17H2,1H3. The van der Waals surface area contributed by atoms with E-state index in [1.807, 2.05) is 72.8 Å². The van der Waals surface area contributed by atoms with Crippen molar-refractivity contribution in [1.82, 2.24) is 4.40 Å². The minimum Gasteiger partial charge on any atom is -0.464 e. The lowest BCUT2D eigenvalue weighted by Gasteiger charge is -2.15. The number of ether oxygens (including phenoxy) is 1. The number of pyridine rings is 1. The van der Waals surface area contributed by atoms with Gasteiger partial charge in [0.1, 0.15) is 4.83 Å². The molecule has 0 atom stereocenters. The molecule has 6 aromatic rings. The second kappa shape index (κ2) is 10.4. The van der Waals surface area contributed by atoms with Gasteiger partial charge in [-0.1, -0.05) is 84.9 Å². The summed E-state index contributed by atoms with van der Waals surface area (Å²) in [5, 5.41) is 2.00. The molecule has 0 spiro atoms. The predicted octanol–water partition coefficient (Wildman–Crippen LogP) is 8.24. The number of rotatable bonds is 5. The number of carbonyl (C=O) groups excluding carboxylic acids is 1. The molecule has 0 bridgehead atoms. The van der Waals surface area contributed by atoms with Gasteiger partial charge in [0, 0.05) is 11.6 Å². The van der Waals surface area contributed by atoms with Crippen molar-refractivity contribution in [2.75, 3.05) is 7.11 Å². The normalized spacial score (nSPS) is 11.7. The van der Waals surface area contributed by atoms with E-state index in [0.717, 1.165) is 28.5 Å². The molecule has 41 heavy (non-hydrogen) atoms. The minimum atomic E-state index is -4.56. The fraction of sp³-hybridized carbons (Fsp3) is 0.0909. The maximum Gasteiger partial charge on any atom is 0.416 e. The smallest absolute Gasteiger partial charge is 0.416 e. The maximum atomic E-state index is 13.8. The van der Waals surface area contributed by atoms with Crippen LogP contribution in [-0.2, 0) is 17.3 Å². The van der Waals surface area contributed by atoms with E-state index in [9.17, 15) is 22.8 Å². The van der Waals surface area contributed by atoms with Gasteiger partial charge in [-0.05, 0) is 51.6 Å². The Morgan fingerprint density at radius 2 is 1.51 bits per heavy atom. The molecule has 2 heterocycles. The molecule has 0 N–H and O–H groups in total. The van der Waals surface area contributed by atoms with E-state index in [-0.39, 0.29) is 5.69 Å². The third-order valence-corrected chi connectivity index (χ3v) is 8.26. The Bertz CT molecular complexity index is 1990. The summed E-state index contributed by atoms with van der Waals surface area (Å²) >= 11 is 1.18. The van der Waals surface area contributed by atoms with Crippen molar-refractivity contribution < 1.29 is 22.7 Å². The van der Waals surface area contributed by atoms with Crippen LogP contribution in [0, 0.1) is 0 Å². The highest BCUT2D eigenvalue weighted by molar-refractivity contribution is 7.21. The molecule has 0 fully saturated rings. The number of alkyl halides is 3. The first-order valence-corrected chi connectivity index (χ1v) is 13.6. The summed E-state index contributed by atoms with van der Waals surface area (Å²) < 4.78 is 47.8. The number of aromatic nitrogens is 1. The van der Waals surface area contributed by atoms with Crippen molar-refractivity contribution in [3.05, 3.63) is 136 Å². The molecule has 0 saturated carbocycles. The second-order valence-electron chi connectivity index (χ2n) is 9.55. The molecular formula is C33H22F3NO3S. The third-order valence-electron chi connectivity index (χ3n) is 7.05. The summed E-state index contributed by atoms with van der Waals surface area (Å²) in [6.45, 7) is 0. The molecule has 0 aliphatic carbocycles. The molecule has 4 aromatic carbocycles. The van der Waals surface area contributed by atoms with Gasteiger partial charge in [0.2, 0.25) is 0 Å². The van der Waals surface area contributed by atoms with Gasteiger partial charge >= 0.3 is 12.1 Å². The molecule has 6 rings (SSSR count). The molecule has 2 aromatic heterocycles. The van der Waals surface area contributed by atoms with Gasteiger partial charge in [-0.2, -0.15) is 13.2 Å². The number of esters is 1. The molecule has 0 aliphatic rings. The maximum absolute atomic E-state index is 13.8. The largest absolute Gasteiger partial charge is 0.464 e. The number of nitrogens with zero attached hydrogens (tertiary/aromatic N) is 1. The zero-order valence-electron chi connectivity index (χ0n) is 21.7. The van der Waals surface area contributed by atoms with E-state index < -0.39 is 23.3 Å². The number of halogens is 3. The second-order valence-corrected chi connectivity index (χ2v) is 10.6. The zero-order chi connectivity index (χ0) is 28.7. The van der Waals surface area contributed by atoms with E-state index in [4.69, 9.17) is 4.74 Å². The van der Waals surface area contributed by atoms with Gasteiger partial charge in [-0.3, -0.25) is 9.20 Å². The molecule has 0 radical (unpaired) electrons. The van der Waals surface area contributed by atoms with Crippen LogP contribution >= 0.6 is 11.3 Å². The van der Waals surface area contributed by atoms with Crippen molar-refractivity contribution in [3.63, 3.8) is 0 Å². The van der Waals surface area contributed by atoms with Gasteiger partial charge in [0.25, 0.3) is 5.56 Å². The SMILES string of the molecule is COC(=O)c1c(-c2ccccc2)sc2c(-c3cccc(C(F)(F)F)c3)c(Cc3cccc4ccccc34)cc(=O)n12. The van der Waals surface area contributed by atoms with Gasteiger partial charge in [-0.15, -0.1) is 11.3 Å². The Balaban J connectivity index is 1.70. The number of carbonyl (C=O) groups is 1. The molecule has 8 heteroatoms. The third kappa shape index (κ3) is 4.80. The van der Waals surface area contributed by atoms with Crippen molar-refractivity contribution in [3.8, 4) is 21.6 Å². The van der Waals surface area contributed by atoms with Crippen molar-refractivity contribution in [2.24, 2.45) is 0 Å². The van der Waals surface area contributed by atoms with Crippen molar-refractivity contribution >= 4 is 32.9 Å². The van der Waals surface area contributed by atoms with Gasteiger partial charge in [-0.25, -0.2) is 4.79 Å². The molecule has 0 unspecified atom stereocenters. The summed E-state index contributed by atoms with van der Waals surface area (Å²) in [5.41, 5.74) is 1.69. The topological polar surface area (TPSA) is 47.8 Å². The highest BCUT2D eigenvalue weighted by Crippen LogP contribution is 2.41. The van der Waals surface area contributed by atoms with Crippen LogP contribution in [0.5, 0.6) is 0 Å². The number of benzene rings is 4. The molecule has 204 valence electrons. The number of methoxy groups -OCH3 is 1. The lowest BCUT2D eigenvalue weighted by Crippen LogP contribution is -2.20. The van der Waals surface area contributed by atoms with Crippen LogP contribution in [0.3, 0.4) is 0 Å². The van der Waals surface area contributed by atoms with Crippen molar-refractivity contribution in [1.29, 1.82) is 0 Å². The molecule has 4 nitrogen and oxygen atoms in total. The Hall–Kier alpha value is -4.69. The lowest BCUT2D eigenvalue weighted by molar-refractivity contribution is -0.137. The lowest BCUT2D eigenvalue weighted by atomic mass is 9.93. The van der Waals surface area contributed by atoms with Gasteiger partial charge in [0.05, 0.1) is 17.6 Å². The van der Waals surface area contributed by atoms with Crippen LogP contribution in [0.2, 0.25) is 0 Å². The van der Waals surface area contributed by atoms with E-state index in [0.29, 0.717) is 38.4 Å². The molecule has 0 saturated heterocycles. The van der Waals surface area contributed by atoms with E-state index >= 15 is 0 Å². The first-order chi connectivity index (χ1) is 19.8.